The maximum Gasteiger partial charge on any atom is 0.237 e. The molecule has 0 atom stereocenters. The second-order valence-electron chi connectivity index (χ2n) is 6.30. The zero-order chi connectivity index (χ0) is 21.9. The summed E-state index contributed by atoms with van der Waals surface area (Å²) in [7, 11) is 0. The molecule has 0 aliphatic heterocycles. The summed E-state index contributed by atoms with van der Waals surface area (Å²) < 4.78 is 6.19. The number of nitrogens with one attached hydrogen (secondary N) is 1. The molecule has 0 unspecified atom stereocenters. The fourth-order valence-corrected chi connectivity index (χ4v) is 5.10. The Morgan fingerprint density at radius 2 is 2.13 bits per heavy atom. The van der Waals surface area contributed by atoms with Gasteiger partial charge in [-0.3, -0.25) is 4.79 Å². The molecule has 2 heterocycles. The van der Waals surface area contributed by atoms with E-state index in [4.69, 9.17) is 10.00 Å². The lowest BCUT2D eigenvalue weighted by atomic mass is 10.2. The van der Waals surface area contributed by atoms with Crippen LogP contribution in [-0.2, 0) is 11.2 Å². The van der Waals surface area contributed by atoms with E-state index in [2.05, 4.69) is 33.0 Å². The quantitative estimate of drug-likeness (QED) is 0.382. The van der Waals surface area contributed by atoms with Gasteiger partial charge in [0.25, 0.3) is 0 Å². The number of nitrogens with zero attached hydrogens (tertiary/aromatic N) is 4. The fourth-order valence-electron chi connectivity index (χ4n) is 2.74. The first kappa shape index (κ1) is 23.1. The van der Waals surface area contributed by atoms with Gasteiger partial charge in [0.05, 0.1) is 24.8 Å². The SMILES string of the molecule is CCOc1ccc(N(CCC#N)C(=O)CSc2nnc(NCCc3cccs3)s2)cc1. The summed E-state index contributed by atoms with van der Waals surface area (Å²) in [6.45, 7) is 3.64. The minimum absolute atomic E-state index is 0.0770. The van der Waals surface area contributed by atoms with Gasteiger partial charge in [0, 0.05) is 23.7 Å². The van der Waals surface area contributed by atoms with Crippen LogP contribution in [0.5, 0.6) is 5.75 Å². The number of thiophene rings is 1. The van der Waals surface area contributed by atoms with Gasteiger partial charge in [0.1, 0.15) is 5.75 Å². The Bertz CT molecular complexity index is 983. The molecule has 0 radical (unpaired) electrons. The second kappa shape index (κ2) is 12.3. The van der Waals surface area contributed by atoms with Crippen molar-refractivity contribution in [3.8, 4) is 11.8 Å². The summed E-state index contributed by atoms with van der Waals surface area (Å²) in [6.07, 6.45) is 1.20. The minimum atomic E-state index is -0.0770. The number of amides is 1. The minimum Gasteiger partial charge on any atom is -0.494 e. The Morgan fingerprint density at radius 1 is 1.29 bits per heavy atom. The highest BCUT2D eigenvalue weighted by Gasteiger charge is 2.17. The van der Waals surface area contributed by atoms with Crippen molar-refractivity contribution in [2.75, 3.05) is 35.7 Å². The van der Waals surface area contributed by atoms with Crippen molar-refractivity contribution in [2.24, 2.45) is 0 Å². The summed E-state index contributed by atoms with van der Waals surface area (Å²) in [4.78, 5) is 15.8. The van der Waals surface area contributed by atoms with Crippen LogP contribution in [0.2, 0.25) is 0 Å². The van der Waals surface area contributed by atoms with Crippen LogP contribution in [0.3, 0.4) is 0 Å². The monoisotopic (exact) mass is 473 g/mol. The first-order chi connectivity index (χ1) is 15.2. The fraction of sp³-hybridized carbons (Fsp3) is 0.333. The average Bonchev–Trinajstić information content (AvgIpc) is 3.46. The van der Waals surface area contributed by atoms with Gasteiger partial charge < -0.3 is 15.0 Å². The van der Waals surface area contributed by atoms with Gasteiger partial charge in [-0.1, -0.05) is 29.2 Å². The molecule has 0 saturated heterocycles. The number of hydrogen-bond acceptors (Lipinski definition) is 9. The van der Waals surface area contributed by atoms with Crippen LogP contribution >= 0.6 is 34.4 Å². The van der Waals surface area contributed by atoms with Crippen LogP contribution in [0, 0.1) is 11.3 Å². The predicted octanol–water partition coefficient (Wildman–Crippen LogP) is 4.69. The molecule has 2 aromatic heterocycles. The second-order valence-corrected chi connectivity index (χ2v) is 9.53. The Labute approximate surface area is 194 Å². The van der Waals surface area contributed by atoms with Gasteiger partial charge in [-0.25, -0.2) is 0 Å². The van der Waals surface area contributed by atoms with Gasteiger partial charge in [0.2, 0.25) is 11.0 Å². The number of anilines is 2. The van der Waals surface area contributed by atoms with Crippen LogP contribution < -0.4 is 15.0 Å². The topological polar surface area (TPSA) is 91.1 Å². The number of hydrogen-bond donors (Lipinski definition) is 1. The van der Waals surface area contributed by atoms with E-state index in [1.54, 1.807) is 16.2 Å². The van der Waals surface area contributed by atoms with Crippen molar-refractivity contribution in [1.82, 2.24) is 10.2 Å². The lowest BCUT2D eigenvalue weighted by Gasteiger charge is -2.21. The molecule has 1 amide bonds. The summed E-state index contributed by atoms with van der Waals surface area (Å²) in [5, 5.41) is 23.4. The number of ether oxygens (including phenoxy) is 1. The number of carbonyl (C=O) groups excluding carboxylic acids is 1. The van der Waals surface area contributed by atoms with Gasteiger partial charge in [-0.2, -0.15) is 5.26 Å². The molecule has 3 aromatic rings. The van der Waals surface area contributed by atoms with E-state index in [1.807, 2.05) is 37.3 Å². The first-order valence-corrected chi connectivity index (χ1v) is 12.5. The van der Waals surface area contributed by atoms with Crippen LogP contribution in [0.4, 0.5) is 10.8 Å². The number of thioether (sulfide) groups is 1. The molecule has 7 nitrogen and oxygen atoms in total. The van der Waals surface area contributed by atoms with Gasteiger partial charge in [0.15, 0.2) is 4.34 Å². The third-order valence-electron chi connectivity index (χ3n) is 4.16. The molecule has 162 valence electrons. The average molecular weight is 474 g/mol. The highest BCUT2D eigenvalue weighted by atomic mass is 32.2. The molecule has 0 aliphatic rings. The summed E-state index contributed by atoms with van der Waals surface area (Å²) in [6, 6.07) is 13.6. The predicted molar refractivity (Wildman–Crippen MR) is 127 cm³/mol. The lowest BCUT2D eigenvalue weighted by molar-refractivity contribution is -0.116. The van der Waals surface area contributed by atoms with E-state index >= 15 is 0 Å². The molecular weight excluding hydrogens is 450 g/mol. The van der Waals surface area contributed by atoms with Gasteiger partial charge in [-0.05, 0) is 49.1 Å². The van der Waals surface area contributed by atoms with Crippen LogP contribution in [0.15, 0.2) is 46.1 Å². The smallest absolute Gasteiger partial charge is 0.237 e. The lowest BCUT2D eigenvalue weighted by Crippen LogP contribution is -2.33. The zero-order valence-corrected chi connectivity index (χ0v) is 19.6. The molecule has 31 heavy (non-hydrogen) atoms. The van der Waals surface area contributed by atoms with E-state index in [0.717, 1.165) is 33.9 Å². The van der Waals surface area contributed by atoms with E-state index < -0.39 is 0 Å². The standard InChI is InChI=1S/C21H23N5O2S3/c1-2-28-17-8-6-16(7-9-17)26(13-4-11-22)19(27)15-30-21-25-24-20(31-21)23-12-10-18-5-3-14-29-18/h3,5-9,14H,2,4,10,12-13,15H2,1H3,(H,23,24). The molecule has 0 aliphatic carbocycles. The molecule has 0 fully saturated rings. The Balaban J connectivity index is 1.53. The number of rotatable bonds is 12. The molecule has 0 saturated carbocycles. The molecule has 0 spiro atoms. The Hall–Kier alpha value is -2.61. The molecule has 1 aromatic carbocycles. The third-order valence-corrected chi connectivity index (χ3v) is 7.10. The Kier molecular flexibility index (Phi) is 9.15. The number of carbonyl (C=O) groups is 1. The summed E-state index contributed by atoms with van der Waals surface area (Å²) in [5.74, 6) is 0.899. The van der Waals surface area contributed by atoms with Crippen molar-refractivity contribution >= 4 is 51.2 Å². The van der Waals surface area contributed by atoms with Crippen molar-refractivity contribution < 1.29 is 9.53 Å². The highest BCUT2D eigenvalue weighted by Crippen LogP contribution is 2.27. The summed E-state index contributed by atoms with van der Waals surface area (Å²) >= 11 is 4.53. The largest absolute Gasteiger partial charge is 0.494 e. The molecule has 10 heteroatoms. The molecule has 0 bridgehead atoms. The van der Waals surface area contributed by atoms with E-state index in [0.29, 0.717) is 13.2 Å². The number of benzene rings is 1. The molecular formula is C21H23N5O2S3. The van der Waals surface area contributed by atoms with Crippen molar-refractivity contribution in [3.05, 3.63) is 46.7 Å². The zero-order valence-electron chi connectivity index (χ0n) is 17.1. The summed E-state index contributed by atoms with van der Waals surface area (Å²) in [5.41, 5.74) is 0.748. The maximum atomic E-state index is 12.9. The maximum absolute atomic E-state index is 12.9. The molecule has 1 N–H and O–H groups in total. The van der Waals surface area contributed by atoms with Crippen LogP contribution in [0.1, 0.15) is 18.2 Å². The normalized spacial score (nSPS) is 10.5. The molecule has 3 rings (SSSR count). The van der Waals surface area contributed by atoms with Gasteiger partial charge in [-0.15, -0.1) is 21.5 Å². The first-order valence-electron chi connectivity index (χ1n) is 9.82. The Morgan fingerprint density at radius 3 is 2.84 bits per heavy atom. The van der Waals surface area contributed by atoms with E-state index in [-0.39, 0.29) is 18.1 Å². The number of nitriles is 1. The third kappa shape index (κ3) is 7.24. The van der Waals surface area contributed by atoms with Crippen molar-refractivity contribution in [2.45, 2.75) is 24.1 Å². The van der Waals surface area contributed by atoms with E-state index in [1.165, 1.54) is 28.0 Å². The van der Waals surface area contributed by atoms with Crippen LogP contribution in [0.25, 0.3) is 0 Å². The number of aromatic nitrogens is 2. The van der Waals surface area contributed by atoms with Crippen molar-refractivity contribution in [3.63, 3.8) is 0 Å². The highest BCUT2D eigenvalue weighted by molar-refractivity contribution is 8.01. The van der Waals surface area contributed by atoms with Crippen LogP contribution in [-0.4, -0.2) is 41.6 Å². The van der Waals surface area contributed by atoms with E-state index in [9.17, 15) is 4.79 Å². The van der Waals surface area contributed by atoms with Gasteiger partial charge >= 0.3 is 0 Å². The van der Waals surface area contributed by atoms with Crippen molar-refractivity contribution in [1.29, 1.82) is 5.26 Å².